The fraction of sp³-hybridized carbons (Fsp3) is 0.736. The van der Waals surface area contributed by atoms with Crippen molar-refractivity contribution in [3.05, 3.63) is 59.7 Å². The molecule has 7 nitrogen and oxygen atoms in total. The molecule has 0 bridgehead atoms. The van der Waals surface area contributed by atoms with E-state index >= 15 is 0 Å². The first-order valence-electron chi connectivity index (χ1n) is 25.2. The summed E-state index contributed by atoms with van der Waals surface area (Å²) < 4.78 is 18.1. The average Bonchev–Trinajstić information content (AvgIpc) is 3.59. The summed E-state index contributed by atoms with van der Waals surface area (Å²) in [7, 11) is 0. The summed E-state index contributed by atoms with van der Waals surface area (Å²) in [5.41, 5.74) is 4.54. The number of unbranched alkanes of at least 4 members (excludes halogenated alkanes) is 26. The van der Waals surface area contributed by atoms with Crippen LogP contribution < -0.4 is 5.32 Å². The number of fused-ring (bicyclic) bond motifs is 3. The molecule has 2 aromatic carbocycles. The topological polar surface area (TPSA) is 94.1 Å². The molecule has 2 atom stereocenters. The minimum Gasteiger partial charge on any atom is -0.480 e. The van der Waals surface area contributed by atoms with Crippen LogP contribution in [0, 0.1) is 0 Å². The van der Waals surface area contributed by atoms with Gasteiger partial charge in [-0.1, -0.05) is 229 Å². The van der Waals surface area contributed by atoms with Crippen molar-refractivity contribution in [1.29, 1.82) is 0 Å². The van der Waals surface area contributed by atoms with Gasteiger partial charge in [-0.3, -0.25) is 0 Å². The number of ether oxygens (including phenoxy) is 3. The summed E-state index contributed by atoms with van der Waals surface area (Å²) in [6.45, 7) is 6.62. The highest BCUT2D eigenvalue weighted by Crippen LogP contribution is 2.44. The Labute approximate surface area is 377 Å². The molecule has 0 aliphatic heterocycles. The highest BCUT2D eigenvalue weighted by atomic mass is 32.2. The van der Waals surface area contributed by atoms with Crippen LogP contribution in [0.25, 0.3) is 11.1 Å². The molecule has 0 saturated heterocycles. The van der Waals surface area contributed by atoms with Gasteiger partial charge in [-0.25, -0.2) is 9.59 Å². The van der Waals surface area contributed by atoms with Crippen LogP contribution in [0.5, 0.6) is 0 Å². The maximum atomic E-state index is 12.9. The number of hydrogen-bond acceptors (Lipinski definition) is 6. The van der Waals surface area contributed by atoms with E-state index in [2.05, 4.69) is 43.4 Å². The Morgan fingerprint density at radius 1 is 0.574 bits per heavy atom. The second-order valence-electron chi connectivity index (χ2n) is 17.7. The summed E-state index contributed by atoms with van der Waals surface area (Å²) in [5.74, 6) is -0.335. The second kappa shape index (κ2) is 35.9. The minimum atomic E-state index is -1.07. The third kappa shape index (κ3) is 24.2. The summed E-state index contributed by atoms with van der Waals surface area (Å²) in [6, 6.07) is 15.3. The van der Waals surface area contributed by atoms with Crippen LogP contribution >= 0.6 is 11.8 Å². The molecule has 0 aromatic heterocycles. The van der Waals surface area contributed by atoms with E-state index in [9.17, 15) is 14.7 Å². The van der Waals surface area contributed by atoms with Crippen molar-refractivity contribution in [2.45, 2.75) is 212 Å². The van der Waals surface area contributed by atoms with Crippen LogP contribution in [0.4, 0.5) is 4.79 Å². The molecule has 61 heavy (non-hydrogen) atoms. The van der Waals surface area contributed by atoms with Crippen LogP contribution in [0.15, 0.2) is 48.5 Å². The lowest BCUT2D eigenvalue weighted by Crippen LogP contribution is -2.43. The fourth-order valence-electron chi connectivity index (χ4n) is 8.58. The van der Waals surface area contributed by atoms with Crippen molar-refractivity contribution in [2.24, 2.45) is 0 Å². The summed E-state index contributed by atoms with van der Waals surface area (Å²) in [5, 5.41) is 12.6. The quantitative estimate of drug-likeness (QED) is 0.0643. The van der Waals surface area contributed by atoms with Crippen molar-refractivity contribution in [1.82, 2.24) is 5.32 Å². The maximum absolute atomic E-state index is 12.9. The number of alkyl carbamates (subject to hydrolysis) is 1. The van der Waals surface area contributed by atoms with E-state index in [-0.39, 0.29) is 24.4 Å². The van der Waals surface area contributed by atoms with Gasteiger partial charge in [-0.05, 0) is 35.1 Å². The third-order valence-corrected chi connectivity index (χ3v) is 13.5. The van der Waals surface area contributed by atoms with Crippen LogP contribution in [-0.4, -0.2) is 67.2 Å². The Balaban J connectivity index is 1.32. The predicted octanol–water partition coefficient (Wildman–Crippen LogP) is 15.1. The maximum Gasteiger partial charge on any atom is 0.407 e. The van der Waals surface area contributed by atoms with Crippen molar-refractivity contribution < 1.29 is 28.9 Å². The first kappa shape index (κ1) is 52.8. The number of amides is 1. The van der Waals surface area contributed by atoms with E-state index in [1.165, 1.54) is 179 Å². The molecule has 0 spiro atoms. The van der Waals surface area contributed by atoms with Crippen LogP contribution in [0.1, 0.15) is 211 Å². The van der Waals surface area contributed by atoms with Gasteiger partial charge in [0.2, 0.25) is 0 Å². The van der Waals surface area contributed by atoms with Gasteiger partial charge in [0, 0.05) is 30.6 Å². The summed E-state index contributed by atoms with van der Waals surface area (Å²) >= 11 is 1.48. The fourth-order valence-corrected chi connectivity index (χ4v) is 9.63. The Kier molecular flexibility index (Phi) is 31.0. The largest absolute Gasteiger partial charge is 0.480 e. The first-order chi connectivity index (χ1) is 30.0. The molecule has 0 heterocycles. The molecule has 1 aliphatic rings. The molecule has 0 fully saturated rings. The molecule has 8 heteroatoms. The zero-order valence-electron chi connectivity index (χ0n) is 38.8. The van der Waals surface area contributed by atoms with Crippen LogP contribution in [-0.2, 0) is 19.0 Å². The standard InChI is InChI=1S/C53H87NO6S/c1-3-5-7-9-11-13-15-17-19-21-23-25-27-33-39-58-41-45(59-40-34-28-26-24-22-20-18-16-14-12-10-8-6-4-2)43-61-44-51(52(55)56)54-53(57)60-42-50-48-37-31-29-35-46(48)47-36-30-32-38-49(47)50/h29-32,35-38,45,50-51H,3-28,33-34,39-44H2,1-2H3,(H,54,57)(H,55,56). The molecular weight excluding hydrogens is 779 g/mol. The smallest absolute Gasteiger partial charge is 0.407 e. The number of carboxylic acid groups (broad SMARTS) is 1. The van der Waals surface area contributed by atoms with Crippen molar-refractivity contribution in [3.8, 4) is 11.1 Å². The third-order valence-electron chi connectivity index (χ3n) is 12.3. The number of aliphatic carboxylic acids is 1. The van der Waals surface area contributed by atoms with Crippen LogP contribution in [0.3, 0.4) is 0 Å². The molecular formula is C53H87NO6S. The molecule has 2 N–H and O–H groups in total. The zero-order valence-corrected chi connectivity index (χ0v) is 39.6. The Morgan fingerprint density at radius 2 is 0.984 bits per heavy atom. The molecule has 0 radical (unpaired) electrons. The van der Waals surface area contributed by atoms with Crippen molar-refractivity contribution in [2.75, 3.05) is 37.9 Å². The van der Waals surface area contributed by atoms with Gasteiger partial charge < -0.3 is 24.6 Å². The Morgan fingerprint density at radius 3 is 1.43 bits per heavy atom. The first-order valence-corrected chi connectivity index (χ1v) is 26.3. The van der Waals surface area contributed by atoms with E-state index in [0.717, 1.165) is 41.7 Å². The Hall–Kier alpha value is -2.55. The lowest BCUT2D eigenvalue weighted by molar-refractivity contribution is -0.138. The van der Waals surface area contributed by atoms with Gasteiger partial charge in [0.15, 0.2) is 0 Å². The molecule has 2 aromatic rings. The van der Waals surface area contributed by atoms with Crippen molar-refractivity contribution in [3.63, 3.8) is 0 Å². The monoisotopic (exact) mass is 866 g/mol. The number of carboxylic acids is 1. The van der Waals surface area contributed by atoms with Gasteiger partial charge in [0.05, 0.1) is 12.7 Å². The van der Waals surface area contributed by atoms with E-state index in [1.54, 1.807) is 0 Å². The minimum absolute atomic E-state index is 0.0852. The van der Waals surface area contributed by atoms with Gasteiger partial charge in [0.25, 0.3) is 0 Å². The van der Waals surface area contributed by atoms with Gasteiger partial charge in [-0.15, -0.1) is 0 Å². The molecule has 1 amide bonds. The molecule has 3 rings (SSSR count). The van der Waals surface area contributed by atoms with Gasteiger partial charge >= 0.3 is 12.1 Å². The van der Waals surface area contributed by atoms with E-state index < -0.39 is 18.1 Å². The van der Waals surface area contributed by atoms with Gasteiger partial charge in [0.1, 0.15) is 12.6 Å². The number of hydrogen-bond donors (Lipinski definition) is 2. The van der Waals surface area contributed by atoms with Crippen molar-refractivity contribution >= 4 is 23.8 Å². The Bertz CT molecular complexity index is 1340. The normalized spacial score (nSPS) is 13.2. The summed E-state index contributed by atoms with van der Waals surface area (Å²) in [6.07, 6.45) is 36.3. The molecule has 346 valence electrons. The number of benzene rings is 2. The van der Waals surface area contributed by atoms with E-state index in [0.29, 0.717) is 19.0 Å². The number of carbonyl (C=O) groups excluding carboxylic acids is 1. The number of carbonyl (C=O) groups is 2. The average molecular weight is 866 g/mol. The molecule has 0 saturated carbocycles. The predicted molar refractivity (Wildman–Crippen MR) is 258 cm³/mol. The highest BCUT2D eigenvalue weighted by Gasteiger charge is 2.30. The zero-order chi connectivity index (χ0) is 43.4. The SMILES string of the molecule is CCCCCCCCCCCCCCCCOCC(CSCC(NC(=O)OCC1c2ccccc2-c2ccccc21)C(=O)O)OCCCCCCCCCCCCCCCC. The molecule has 2 unspecified atom stereocenters. The van der Waals surface area contributed by atoms with E-state index in [4.69, 9.17) is 14.2 Å². The highest BCUT2D eigenvalue weighted by molar-refractivity contribution is 7.99. The lowest BCUT2D eigenvalue weighted by Gasteiger charge is -2.20. The summed E-state index contributed by atoms with van der Waals surface area (Å²) in [4.78, 5) is 25.2. The van der Waals surface area contributed by atoms with Gasteiger partial charge in [-0.2, -0.15) is 11.8 Å². The second-order valence-corrected chi connectivity index (χ2v) is 18.7. The number of thioether (sulfide) groups is 1. The van der Waals surface area contributed by atoms with E-state index in [1.807, 2.05) is 24.3 Å². The number of rotatable bonds is 41. The lowest BCUT2D eigenvalue weighted by atomic mass is 9.98. The van der Waals surface area contributed by atoms with Crippen LogP contribution in [0.2, 0.25) is 0 Å². The molecule has 1 aliphatic carbocycles. The number of nitrogens with one attached hydrogen (secondary N) is 1.